The molecule has 2 aromatic carbocycles. The average Bonchev–Trinajstić information content (AvgIpc) is 3.42. The molecule has 9 heteroatoms. The Bertz CT molecular complexity index is 2000. The van der Waals surface area contributed by atoms with E-state index in [1.807, 2.05) is 31.2 Å². The molecule has 0 amide bonds. The van der Waals surface area contributed by atoms with Gasteiger partial charge >= 0.3 is 5.97 Å². The monoisotopic (exact) mass is 630 g/mol. The van der Waals surface area contributed by atoms with Gasteiger partial charge in [0.25, 0.3) is 0 Å². The van der Waals surface area contributed by atoms with E-state index in [9.17, 15) is 9.90 Å². The number of aromatic nitrogens is 3. The zero-order valence-electron chi connectivity index (χ0n) is 27.6. The number of likely N-dealkylation sites (tertiary alicyclic amines) is 1. The number of para-hydroxylation sites is 1. The molecule has 5 aromatic rings. The van der Waals surface area contributed by atoms with Crippen LogP contribution in [0.1, 0.15) is 61.2 Å². The fourth-order valence-corrected chi connectivity index (χ4v) is 7.63. The maximum Gasteiger partial charge on any atom is 0.307 e. The number of aliphatic carboxylic acids is 1. The molecular weight excluding hydrogens is 588 g/mol. The molecule has 9 nitrogen and oxygen atoms in total. The Labute approximate surface area is 275 Å². The van der Waals surface area contributed by atoms with Gasteiger partial charge in [0, 0.05) is 54.9 Å². The average molecular weight is 631 g/mol. The summed E-state index contributed by atoms with van der Waals surface area (Å²) in [7, 11) is 0. The van der Waals surface area contributed by atoms with Crippen LogP contribution in [0.5, 0.6) is 0 Å². The number of pyridine rings is 1. The normalized spacial score (nSPS) is 18.0. The van der Waals surface area contributed by atoms with Crippen LogP contribution in [-0.2, 0) is 30.7 Å². The maximum atomic E-state index is 12.2. The lowest BCUT2D eigenvalue weighted by Gasteiger charge is -2.41. The van der Waals surface area contributed by atoms with Crippen LogP contribution in [0.4, 0.5) is 11.5 Å². The summed E-state index contributed by atoms with van der Waals surface area (Å²) in [4.78, 5) is 33.8. The number of hydrogen-bond donors (Lipinski definition) is 1. The van der Waals surface area contributed by atoms with Crippen molar-refractivity contribution in [2.24, 2.45) is 5.41 Å². The van der Waals surface area contributed by atoms with Gasteiger partial charge in [-0.1, -0.05) is 44.2 Å². The van der Waals surface area contributed by atoms with E-state index >= 15 is 0 Å². The van der Waals surface area contributed by atoms with Crippen molar-refractivity contribution in [3.05, 3.63) is 76.9 Å². The molecule has 1 N–H and O–H groups in total. The highest BCUT2D eigenvalue weighted by molar-refractivity contribution is 6.05. The highest BCUT2D eigenvalue weighted by Crippen LogP contribution is 2.43. The number of aryl methyl sites for hydroxylation is 1. The topological polar surface area (TPSA) is 98.8 Å². The number of carbonyl (C=O) groups is 1. The first-order valence-corrected chi connectivity index (χ1v) is 16.9. The highest BCUT2D eigenvalue weighted by atomic mass is 16.4. The number of furan rings is 1. The second-order valence-electron chi connectivity index (χ2n) is 14.3. The van der Waals surface area contributed by atoms with Crippen LogP contribution >= 0.6 is 0 Å². The number of benzene rings is 2. The molecular formula is C38H42N6O3. The minimum atomic E-state index is -0.816. The molecule has 3 aromatic heterocycles. The van der Waals surface area contributed by atoms with Gasteiger partial charge < -0.3 is 19.3 Å². The van der Waals surface area contributed by atoms with Crippen molar-refractivity contribution in [2.75, 3.05) is 42.5 Å². The van der Waals surface area contributed by atoms with Gasteiger partial charge in [-0.05, 0) is 79.9 Å². The number of fused-ring (bicyclic) bond motifs is 4. The number of anilines is 2. The molecule has 0 bridgehead atoms. The lowest BCUT2D eigenvalue weighted by molar-refractivity contribution is -0.136. The summed E-state index contributed by atoms with van der Waals surface area (Å²) >= 11 is 0. The number of rotatable bonds is 7. The van der Waals surface area contributed by atoms with Crippen molar-refractivity contribution in [2.45, 2.75) is 66.0 Å². The van der Waals surface area contributed by atoms with Gasteiger partial charge in [-0.3, -0.25) is 14.7 Å². The van der Waals surface area contributed by atoms with E-state index in [0.29, 0.717) is 0 Å². The van der Waals surface area contributed by atoms with E-state index in [4.69, 9.17) is 9.40 Å². The Balaban J connectivity index is 1.20. The van der Waals surface area contributed by atoms with Crippen molar-refractivity contribution in [3.8, 4) is 11.1 Å². The van der Waals surface area contributed by atoms with Crippen LogP contribution in [0.3, 0.4) is 0 Å². The number of carboxylic acids is 1. The van der Waals surface area contributed by atoms with Gasteiger partial charge in [-0.15, -0.1) is 0 Å². The predicted molar refractivity (Wildman–Crippen MR) is 185 cm³/mol. The Hall–Kier alpha value is -4.50. The van der Waals surface area contributed by atoms with Crippen LogP contribution in [0.25, 0.3) is 33.2 Å². The van der Waals surface area contributed by atoms with Crippen molar-refractivity contribution < 1.29 is 14.3 Å². The van der Waals surface area contributed by atoms with Gasteiger partial charge in [0.1, 0.15) is 17.4 Å². The molecule has 0 saturated carbocycles. The van der Waals surface area contributed by atoms with Crippen molar-refractivity contribution in [1.82, 2.24) is 19.9 Å². The van der Waals surface area contributed by atoms with Crippen LogP contribution < -0.4 is 9.80 Å². The number of piperidine rings is 1. The van der Waals surface area contributed by atoms with Gasteiger partial charge in [0.2, 0.25) is 0 Å². The number of carboxylic acid groups (broad SMARTS) is 1. The van der Waals surface area contributed by atoms with Gasteiger partial charge in [0.05, 0.1) is 17.8 Å². The zero-order valence-corrected chi connectivity index (χ0v) is 27.6. The first-order valence-electron chi connectivity index (χ1n) is 16.9. The minimum Gasteiger partial charge on any atom is -0.481 e. The Kier molecular flexibility index (Phi) is 7.39. The van der Waals surface area contributed by atoms with E-state index in [2.05, 4.69) is 56.7 Å². The van der Waals surface area contributed by atoms with Crippen LogP contribution in [0.2, 0.25) is 0 Å². The molecule has 0 atom stereocenters. The molecule has 242 valence electrons. The van der Waals surface area contributed by atoms with E-state index in [1.54, 1.807) is 6.33 Å². The second kappa shape index (κ2) is 11.6. The SMILES string of the molecule is Cc1nc(CN2CCC2)c(-c2ccc3c(c2)CCN(c2ncnc4c2oc2ccccc24)C3)c(N2CCC(C)(C)CC2)c1CC(=O)O. The lowest BCUT2D eigenvalue weighted by Crippen LogP contribution is -2.39. The molecule has 47 heavy (non-hydrogen) atoms. The smallest absolute Gasteiger partial charge is 0.307 e. The fourth-order valence-electron chi connectivity index (χ4n) is 7.63. The second-order valence-corrected chi connectivity index (χ2v) is 14.3. The molecule has 3 aliphatic heterocycles. The molecule has 0 spiro atoms. The largest absolute Gasteiger partial charge is 0.481 e. The van der Waals surface area contributed by atoms with E-state index < -0.39 is 5.97 Å². The van der Waals surface area contributed by atoms with Crippen LogP contribution in [0, 0.1) is 12.3 Å². The van der Waals surface area contributed by atoms with E-state index in [-0.39, 0.29) is 11.8 Å². The number of nitrogens with zero attached hydrogens (tertiary/aromatic N) is 6. The summed E-state index contributed by atoms with van der Waals surface area (Å²) in [5.41, 5.74) is 11.3. The molecule has 3 aliphatic rings. The Morgan fingerprint density at radius 3 is 2.55 bits per heavy atom. The van der Waals surface area contributed by atoms with Gasteiger partial charge in [0.15, 0.2) is 11.4 Å². The van der Waals surface area contributed by atoms with Crippen LogP contribution in [-0.4, -0.2) is 63.7 Å². The van der Waals surface area contributed by atoms with Crippen molar-refractivity contribution in [3.63, 3.8) is 0 Å². The van der Waals surface area contributed by atoms with Gasteiger partial charge in [-0.2, -0.15) is 0 Å². The third kappa shape index (κ3) is 5.50. The summed E-state index contributed by atoms with van der Waals surface area (Å²) in [5, 5.41) is 11.0. The van der Waals surface area contributed by atoms with Crippen molar-refractivity contribution >= 4 is 39.5 Å². The molecule has 2 fully saturated rings. The predicted octanol–water partition coefficient (Wildman–Crippen LogP) is 6.77. The first kappa shape index (κ1) is 29.9. The van der Waals surface area contributed by atoms with Crippen LogP contribution in [0.15, 0.2) is 53.2 Å². The summed E-state index contributed by atoms with van der Waals surface area (Å²) < 4.78 is 6.27. The maximum absolute atomic E-state index is 12.2. The third-order valence-electron chi connectivity index (χ3n) is 10.6. The van der Waals surface area contributed by atoms with E-state index in [0.717, 1.165) is 127 Å². The van der Waals surface area contributed by atoms with E-state index in [1.165, 1.54) is 17.5 Å². The highest BCUT2D eigenvalue weighted by Gasteiger charge is 2.32. The first-order chi connectivity index (χ1) is 22.7. The fraction of sp³-hybridized carbons (Fsp3) is 0.421. The molecule has 2 saturated heterocycles. The molecule has 0 aliphatic carbocycles. The summed E-state index contributed by atoms with van der Waals surface area (Å²) in [6, 6.07) is 14.8. The van der Waals surface area contributed by atoms with Crippen molar-refractivity contribution in [1.29, 1.82) is 0 Å². The number of hydrogen-bond acceptors (Lipinski definition) is 8. The minimum absolute atomic E-state index is 0.0276. The lowest BCUT2D eigenvalue weighted by atomic mass is 9.81. The molecule has 8 rings (SSSR count). The van der Waals surface area contributed by atoms with Gasteiger partial charge in [-0.25, -0.2) is 9.97 Å². The Morgan fingerprint density at radius 2 is 1.79 bits per heavy atom. The molecule has 0 unspecified atom stereocenters. The summed E-state index contributed by atoms with van der Waals surface area (Å²) in [6.45, 7) is 13.0. The summed E-state index contributed by atoms with van der Waals surface area (Å²) in [6.07, 6.45) is 5.83. The standard InChI is InChI=1S/C38H42N6O3/c1-24-29(20-32(45)46)35(43-17-12-38(2,3)13-18-43)33(30(41-24)22-42-14-6-15-42)26-9-10-27-21-44(16-11-25(27)19-26)37-36-34(39-23-40-37)28-7-4-5-8-31(28)47-36/h4-5,7-10,19,23H,6,11-18,20-22H2,1-3H3,(H,45,46). The zero-order chi connectivity index (χ0) is 32.3. The summed E-state index contributed by atoms with van der Waals surface area (Å²) in [5.74, 6) is 0.0119. The third-order valence-corrected chi connectivity index (χ3v) is 10.6. The molecule has 0 radical (unpaired) electrons. The molecule has 6 heterocycles. The Morgan fingerprint density at radius 1 is 0.979 bits per heavy atom. The quantitative estimate of drug-likeness (QED) is 0.209.